The van der Waals surface area contributed by atoms with Crippen LogP contribution in [0.1, 0.15) is 99.7 Å². The molecule has 7 nitrogen and oxygen atoms in total. The molecular formula is C29H37NO6. The predicted molar refractivity (Wildman–Crippen MR) is 136 cm³/mol. The van der Waals surface area contributed by atoms with E-state index in [-0.39, 0.29) is 41.4 Å². The Morgan fingerprint density at radius 3 is 2.47 bits per heavy atom. The minimum atomic E-state index is -2.12. The van der Waals surface area contributed by atoms with Crippen LogP contribution >= 0.6 is 0 Å². The summed E-state index contributed by atoms with van der Waals surface area (Å²) >= 11 is 0. The Morgan fingerprint density at radius 1 is 1.22 bits per heavy atom. The summed E-state index contributed by atoms with van der Waals surface area (Å²) in [5.74, 6) is -3.46. The fourth-order valence-corrected chi connectivity index (χ4v) is 6.85. The molecule has 1 amide bonds. The maximum absolute atomic E-state index is 14.2. The standard InChI is InChI=1S/C29H37NO6/c1-6-7-8-9-16-10-18(14(2)3)19-13-28(5)12-17-11-20(31)22(27(30)35)26(34)29(17,36)15(4)23(28)25(33)21(19)24(16)32/h10,14,17,31-32,36H,6-9,11-13H2,1-5H3,(H2,30,35)/t17-,28-,29-/m1/s1. The number of carbonyl (C=O) groups is 3. The molecule has 4 rings (SSSR count). The summed E-state index contributed by atoms with van der Waals surface area (Å²) in [4.78, 5) is 39.4. The fourth-order valence-electron chi connectivity index (χ4n) is 6.85. The summed E-state index contributed by atoms with van der Waals surface area (Å²) in [5, 5.41) is 33.5. The van der Waals surface area contributed by atoms with Crippen LogP contribution in [0, 0.1) is 11.3 Å². The quantitative estimate of drug-likeness (QED) is 0.342. The Kier molecular flexibility index (Phi) is 6.44. The zero-order chi connectivity index (χ0) is 26.7. The summed E-state index contributed by atoms with van der Waals surface area (Å²) < 4.78 is 0. The van der Waals surface area contributed by atoms with E-state index in [1.807, 2.05) is 13.0 Å². The molecule has 0 heterocycles. The van der Waals surface area contributed by atoms with Crippen LogP contribution in [0.25, 0.3) is 0 Å². The lowest BCUT2D eigenvalue weighted by atomic mass is 9.52. The molecule has 0 radical (unpaired) electrons. The normalized spacial score (nSPS) is 27.8. The van der Waals surface area contributed by atoms with Gasteiger partial charge in [-0.2, -0.15) is 0 Å². The first-order valence-electron chi connectivity index (χ1n) is 12.9. The highest BCUT2D eigenvalue weighted by atomic mass is 16.3. The molecule has 0 fully saturated rings. The van der Waals surface area contributed by atoms with Crippen LogP contribution in [0.2, 0.25) is 0 Å². The Hall–Kier alpha value is -2.93. The number of aliphatic hydroxyl groups excluding tert-OH is 1. The number of aromatic hydroxyl groups is 1. The largest absolute Gasteiger partial charge is 0.511 e. The zero-order valence-corrected chi connectivity index (χ0v) is 21.8. The smallest absolute Gasteiger partial charge is 0.255 e. The highest BCUT2D eigenvalue weighted by molar-refractivity contribution is 6.24. The first kappa shape index (κ1) is 26.1. The van der Waals surface area contributed by atoms with E-state index in [0.29, 0.717) is 18.4 Å². The number of nitrogens with two attached hydrogens (primary N) is 1. The van der Waals surface area contributed by atoms with E-state index in [1.54, 1.807) is 6.92 Å². The third-order valence-corrected chi connectivity index (χ3v) is 8.60. The third-order valence-electron chi connectivity index (χ3n) is 8.60. The second-order valence-corrected chi connectivity index (χ2v) is 11.4. The Labute approximate surface area is 212 Å². The average Bonchev–Trinajstić information content (AvgIpc) is 2.77. The maximum Gasteiger partial charge on any atom is 0.255 e. The van der Waals surface area contributed by atoms with Crippen LogP contribution in [0.5, 0.6) is 5.75 Å². The predicted octanol–water partition coefficient (Wildman–Crippen LogP) is 4.33. The SMILES string of the molecule is CCCCCc1cc(C(C)C)c2c(c1O)C(=O)C1=C(C)[C@]3(O)C(=O)C(C(N)=O)=C(O)C[C@@H]3C[C@]1(C)C2. The first-order valence-corrected chi connectivity index (χ1v) is 12.9. The molecule has 0 saturated heterocycles. The molecule has 5 N–H and O–H groups in total. The van der Waals surface area contributed by atoms with Crippen molar-refractivity contribution in [2.24, 2.45) is 17.1 Å². The van der Waals surface area contributed by atoms with Crippen molar-refractivity contribution in [3.63, 3.8) is 0 Å². The van der Waals surface area contributed by atoms with Crippen LogP contribution in [0.15, 0.2) is 28.5 Å². The minimum Gasteiger partial charge on any atom is -0.511 e. The van der Waals surface area contributed by atoms with Gasteiger partial charge in [0, 0.05) is 23.3 Å². The molecule has 0 aliphatic heterocycles. The van der Waals surface area contributed by atoms with Gasteiger partial charge >= 0.3 is 0 Å². The summed E-state index contributed by atoms with van der Waals surface area (Å²) in [5.41, 5.74) is 5.24. The van der Waals surface area contributed by atoms with Crippen molar-refractivity contribution in [1.82, 2.24) is 0 Å². The number of rotatable bonds is 6. The van der Waals surface area contributed by atoms with Gasteiger partial charge in [-0.25, -0.2) is 0 Å². The first-order chi connectivity index (χ1) is 16.8. The molecule has 3 atom stereocenters. The summed E-state index contributed by atoms with van der Waals surface area (Å²) in [6.07, 6.45) is 4.26. The number of hydrogen-bond acceptors (Lipinski definition) is 6. The number of phenolic OH excluding ortho intramolecular Hbond substituents is 1. The van der Waals surface area contributed by atoms with Gasteiger partial charge in [0.25, 0.3) is 5.91 Å². The van der Waals surface area contributed by atoms with E-state index in [0.717, 1.165) is 36.0 Å². The van der Waals surface area contributed by atoms with E-state index in [2.05, 4.69) is 20.8 Å². The van der Waals surface area contributed by atoms with Gasteiger partial charge in [0.05, 0.1) is 5.56 Å². The molecule has 194 valence electrons. The lowest BCUT2D eigenvalue weighted by molar-refractivity contribution is -0.141. The van der Waals surface area contributed by atoms with Crippen molar-refractivity contribution in [3.05, 3.63) is 50.8 Å². The molecule has 0 aromatic heterocycles. The monoisotopic (exact) mass is 495 g/mol. The third kappa shape index (κ3) is 3.62. The van der Waals surface area contributed by atoms with E-state index in [4.69, 9.17) is 5.73 Å². The number of unbranched alkanes of at least 4 members (excludes halogenated alkanes) is 2. The molecule has 1 aromatic carbocycles. The Balaban J connectivity index is 1.93. The number of aryl methyl sites for hydroxylation is 1. The van der Waals surface area contributed by atoms with Crippen LogP contribution in [-0.2, 0) is 22.4 Å². The molecular weight excluding hydrogens is 458 g/mol. The van der Waals surface area contributed by atoms with Gasteiger partial charge in [-0.1, -0.05) is 46.6 Å². The molecule has 0 saturated carbocycles. The lowest BCUT2D eigenvalue weighted by Crippen LogP contribution is -2.58. The van der Waals surface area contributed by atoms with E-state index >= 15 is 0 Å². The molecule has 0 unspecified atom stereocenters. The number of fused-ring (bicyclic) bond motifs is 3. The van der Waals surface area contributed by atoms with Crippen LogP contribution in [0.3, 0.4) is 0 Å². The van der Waals surface area contributed by atoms with Gasteiger partial charge < -0.3 is 21.1 Å². The second-order valence-electron chi connectivity index (χ2n) is 11.4. The van der Waals surface area contributed by atoms with Gasteiger partial charge in [-0.3, -0.25) is 14.4 Å². The average molecular weight is 496 g/mol. The van der Waals surface area contributed by atoms with Crippen LogP contribution < -0.4 is 5.73 Å². The van der Waals surface area contributed by atoms with Crippen molar-refractivity contribution in [2.75, 3.05) is 0 Å². The topological polar surface area (TPSA) is 138 Å². The fraction of sp³-hybridized carbons (Fsp3) is 0.552. The number of hydrogen-bond donors (Lipinski definition) is 4. The molecule has 36 heavy (non-hydrogen) atoms. The zero-order valence-electron chi connectivity index (χ0n) is 21.8. The molecule has 7 heteroatoms. The van der Waals surface area contributed by atoms with Gasteiger partial charge in [0.1, 0.15) is 17.1 Å². The van der Waals surface area contributed by atoms with E-state index in [9.17, 15) is 29.7 Å². The number of phenols is 1. The van der Waals surface area contributed by atoms with E-state index in [1.165, 1.54) is 0 Å². The second kappa shape index (κ2) is 8.87. The number of Topliss-reactive ketones (excluding diaryl/α,β-unsaturated/α-hetero) is 2. The number of carbonyl (C=O) groups excluding carboxylic acids is 3. The molecule has 0 bridgehead atoms. The van der Waals surface area contributed by atoms with Crippen molar-refractivity contribution in [1.29, 1.82) is 0 Å². The highest BCUT2D eigenvalue weighted by Crippen LogP contribution is 2.58. The Morgan fingerprint density at radius 2 is 1.89 bits per heavy atom. The molecule has 1 aromatic rings. The lowest BCUT2D eigenvalue weighted by Gasteiger charge is -2.52. The highest BCUT2D eigenvalue weighted by Gasteiger charge is 2.60. The summed E-state index contributed by atoms with van der Waals surface area (Å²) in [7, 11) is 0. The number of amides is 1. The number of primary amides is 1. The maximum atomic E-state index is 14.2. The van der Waals surface area contributed by atoms with Crippen molar-refractivity contribution in [3.8, 4) is 5.75 Å². The molecule has 3 aliphatic carbocycles. The Bertz CT molecular complexity index is 1240. The minimum absolute atomic E-state index is 0.0164. The van der Waals surface area contributed by atoms with Crippen LogP contribution in [-0.4, -0.2) is 38.4 Å². The number of aliphatic hydroxyl groups is 2. The van der Waals surface area contributed by atoms with Gasteiger partial charge in [-0.05, 0) is 60.8 Å². The number of allylic oxidation sites excluding steroid dienone is 2. The number of ketones is 2. The van der Waals surface area contributed by atoms with Gasteiger partial charge in [0.2, 0.25) is 5.78 Å². The van der Waals surface area contributed by atoms with Crippen molar-refractivity contribution < 1.29 is 29.7 Å². The summed E-state index contributed by atoms with van der Waals surface area (Å²) in [6, 6.07) is 2.03. The number of benzene rings is 1. The van der Waals surface area contributed by atoms with Gasteiger partial charge in [-0.15, -0.1) is 0 Å². The molecule has 3 aliphatic rings. The van der Waals surface area contributed by atoms with Crippen molar-refractivity contribution in [2.45, 2.75) is 91.1 Å². The molecule has 0 spiro atoms. The van der Waals surface area contributed by atoms with Crippen molar-refractivity contribution >= 4 is 17.5 Å². The van der Waals surface area contributed by atoms with Gasteiger partial charge in [0.15, 0.2) is 11.4 Å². The summed E-state index contributed by atoms with van der Waals surface area (Å²) in [6.45, 7) is 9.74. The van der Waals surface area contributed by atoms with E-state index < -0.39 is 40.0 Å². The van der Waals surface area contributed by atoms with Crippen LogP contribution in [0.4, 0.5) is 0 Å².